The molecule has 1 N–H and O–H groups in total. The highest BCUT2D eigenvalue weighted by Crippen LogP contribution is 2.15. The molecular weight excluding hydrogens is 285 g/mol. The summed E-state index contributed by atoms with van der Waals surface area (Å²) in [7, 11) is 0. The highest BCUT2D eigenvalue weighted by atomic mass is 79.9. The standard InChI is InChI=1S/C13H17BrFNO/c1-3-9(2)16-8-12(17)6-10-4-5-11(14)7-13(10)15/h4-5,7,9,16H,3,6,8H2,1-2H3. The number of ketones is 1. The van der Waals surface area contributed by atoms with E-state index in [1.807, 2.05) is 6.92 Å². The molecule has 0 bridgehead atoms. The largest absolute Gasteiger partial charge is 0.307 e. The van der Waals surface area contributed by atoms with Crippen molar-refractivity contribution < 1.29 is 9.18 Å². The van der Waals surface area contributed by atoms with Gasteiger partial charge in [-0.05, 0) is 31.0 Å². The van der Waals surface area contributed by atoms with Gasteiger partial charge in [0, 0.05) is 16.9 Å². The Morgan fingerprint density at radius 3 is 2.82 bits per heavy atom. The topological polar surface area (TPSA) is 29.1 Å². The molecular formula is C13H17BrFNO. The van der Waals surface area contributed by atoms with Crippen LogP contribution in [0.15, 0.2) is 22.7 Å². The monoisotopic (exact) mass is 301 g/mol. The van der Waals surface area contributed by atoms with Crippen LogP contribution in [0.4, 0.5) is 4.39 Å². The van der Waals surface area contributed by atoms with E-state index in [-0.39, 0.29) is 18.0 Å². The highest BCUT2D eigenvalue weighted by molar-refractivity contribution is 9.10. The van der Waals surface area contributed by atoms with Gasteiger partial charge in [0.05, 0.1) is 6.54 Å². The average Bonchev–Trinajstić information content (AvgIpc) is 2.29. The van der Waals surface area contributed by atoms with Crippen molar-refractivity contribution in [1.29, 1.82) is 0 Å². The van der Waals surface area contributed by atoms with Gasteiger partial charge in [0.15, 0.2) is 5.78 Å². The van der Waals surface area contributed by atoms with Crippen LogP contribution in [0, 0.1) is 5.82 Å². The first-order valence-corrected chi connectivity index (χ1v) is 6.51. The molecule has 4 heteroatoms. The molecule has 94 valence electrons. The van der Waals surface area contributed by atoms with Crippen molar-refractivity contribution in [2.24, 2.45) is 0 Å². The minimum Gasteiger partial charge on any atom is -0.307 e. The third-order valence-electron chi connectivity index (χ3n) is 2.66. The van der Waals surface area contributed by atoms with E-state index in [1.165, 1.54) is 6.07 Å². The van der Waals surface area contributed by atoms with E-state index in [1.54, 1.807) is 12.1 Å². The van der Waals surface area contributed by atoms with Crippen LogP contribution in [0.25, 0.3) is 0 Å². The fourth-order valence-corrected chi connectivity index (χ4v) is 1.71. The van der Waals surface area contributed by atoms with E-state index in [0.717, 1.165) is 6.42 Å². The van der Waals surface area contributed by atoms with E-state index in [0.29, 0.717) is 22.6 Å². The molecule has 0 aliphatic carbocycles. The maximum absolute atomic E-state index is 13.5. The van der Waals surface area contributed by atoms with Crippen LogP contribution < -0.4 is 5.32 Å². The molecule has 0 aliphatic rings. The lowest BCUT2D eigenvalue weighted by Crippen LogP contribution is -2.31. The number of halogens is 2. The summed E-state index contributed by atoms with van der Waals surface area (Å²) in [6.45, 7) is 4.37. The van der Waals surface area contributed by atoms with E-state index >= 15 is 0 Å². The Morgan fingerprint density at radius 1 is 1.53 bits per heavy atom. The van der Waals surface area contributed by atoms with Gasteiger partial charge in [0.25, 0.3) is 0 Å². The maximum atomic E-state index is 13.5. The van der Waals surface area contributed by atoms with E-state index < -0.39 is 0 Å². The van der Waals surface area contributed by atoms with Crippen molar-refractivity contribution in [2.45, 2.75) is 32.7 Å². The zero-order valence-corrected chi connectivity index (χ0v) is 11.7. The molecule has 0 saturated heterocycles. The first kappa shape index (κ1) is 14.3. The van der Waals surface area contributed by atoms with Crippen molar-refractivity contribution in [3.05, 3.63) is 34.1 Å². The van der Waals surface area contributed by atoms with Gasteiger partial charge >= 0.3 is 0 Å². The van der Waals surface area contributed by atoms with Crippen LogP contribution in [0.1, 0.15) is 25.8 Å². The molecule has 1 atom stereocenters. The minimum atomic E-state index is -0.337. The Bertz CT molecular complexity index is 395. The van der Waals surface area contributed by atoms with Crippen molar-refractivity contribution in [3.63, 3.8) is 0 Å². The summed E-state index contributed by atoms with van der Waals surface area (Å²) in [5, 5.41) is 3.10. The van der Waals surface area contributed by atoms with Gasteiger partial charge in [-0.25, -0.2) is 4.39 Å². The fraction of sp³-hybridized carbons (Fsp3) is 0.462. The molecule has 0 saturated carbocycles. The molecule has 2 nitrogen and oxygen atoms in total. The van der Waals surface area contributed by atoms with E-state index in [2.05, 4.69) is 28.2 Å². The molecule has 0 radical (unpaired) electrons. The molecule has 1 unspecified atom stereocenters. The second-order valence-corrected chi connectivity index (χ2v) is 5.06. The number of nitrogens with one attached hydrogen (secondary N) is 1. The van der Waals surface area contributed by atoms with Crippen LogP contribution in [0.3, 0.4) is 0 Å². The normalized spacial score (nSPS) is 12.5. The van der Waals surface area contributed by atoms with Gasteiger partial charge in [0.1, 0.15) is 5.82 Å². The fourth-order valence-electron chi connectivity index (χ4n) is 1.37. The molecule has 1 rings (SSSR count). The maximum Gasteiger partial charge on any atom is 0.151 e. The number of hydrogen-bond donors (Lipinski definition) is 1. The number of benzene rings is 1. The Labute approximate surface area is 110 Å². The summed E-state index contributed by atoms with van der Waals surface area (Å²) in [5.74, 6) is -0.331. The Morgan fingerprint density at radius 2 is 2.24 bits per heavy atom. The van der Waals surface area contributed by atoms with Crippen LogP contribution in [-0.2, 0) is 11.2 Å². The summed E-state index contributed by atoms with van der Waals surface area (Å²) in [5.41, 5.74) is 0.448. The predicted octanol–water partition coefficient (Wildman–Crippen LogP) is 3.09. The van der Waals surface area contributed by atoms with Gasteiger partial charge in [-0.15, -0.1) is 0 Å². The quantitative estimate of drug-likeness (QED) is 0.875. The van der Waals surface area contributed by atoms with Gasteiger partial charge in [-0.2, -0.15) is 0 Å². The van der Waals surface area contributed by atoms with Crippen LogP contribution in [0.5, 0.6) is 0 Å². The van der Waals surface area contributed by atoms with Gasteiger partial charge < -0.3 is 5.32 Å². The van der Waals surface area contributed by atoms with Gasteiger partial charge in [-0.3, -0.25) is 4.79 Å². The first-order valence-electron chi connectivity index (χ1n) is 5.72. The van der Waals surface area contributed by atoms with Gasteiger partial charge in [-0.1, -0.05) is 28.9 Å². The van der Waals surface area contributed by atoms with Gasteiger partial charge in [0.2, 0.25) is 0 Å². The number of carbonyl (C=O) groups is 1. The average molecular weight is 302 g/mol. The summed E-state index contributed by atoms with van der Waals surface area (Å²) in [6.07, 6.45) is 1.11. The Hall–Kier alpha value is -0.740. The van der Waals surface area contributed by atoms with Crippen LogP contribution >= 0.6 is 15.9 Å². The second-order valence-electron chi connectivity index (χ2n) is 4.14. The summed E-state index contributed by atoms with van der Waals surface area (Å²) >= 11 is 3.18. The van der Waals surface area contributed by atoms with Crippen molar-refractivity contribution in [3.8, 4) is 0 Å². The number of hydrogen-bond acceptors (Lipinski definition) is 2. The lowest BCUT2D eigenvalue weighted by atomic mass is 10.1. The molecule has 1 aromatic rings. The number of carbonyl (C=O) groups excluding carboxylic acids is 1. The minimum absolute atomic E-state index is 0.00604. The zero-order chi connectivity index (χ0) is 12.8. The van der Waals surface area contributed by atoms with Crippen molar-refractivity contribution >= 4 is 21.7 Å². The number of Topliss-reactive ketones (excluding diaryl/α,β-unsaturated/α-hetero) is 1. The molecule has 0 aromatic heterocycles. The smallest absolute Gasteiger partial charge is 0.151 e. The lowest BCUT2D eigenvalue weighted by molar-refractivity contribution is -0.117. The molecule has 0 amide bonds. The molecule has 0 fully saturated rings. The lowest BCUT2D eigenvalue weighted by Gasteiger charge is -2.10. The molecule has 0 aliphatic heterocycles. The highest BCUT2D eigenvalue weighted by Gasteiger charge is 2.09. The Balaban J connectivity index is 2.50. The first-order chi connectivity index (χ1) is 8.02. The number of rotatable bonds is 6. The second kappa shape index (κ2) is 6.87. The van der Waals surface area contributed by atoms with Crippen molar-refractivity contribution in [2.75, 3.05) is 6.54 Å². The third-order valence-corrected chi connectivity index (χ3v) is 3.16. The van der Waals surface area contributed by atoms with E-state index in [9.17, 15) is 9.18 Å². The summed E-state index contributed by atoms with van der Waals surface area (Å²) in [4.78, 5) is 11.6. The van der Waals surface area contributed by atoms with E-state index in [4.69, 9.17) is 0 Å². The summed E-state index contributed by atoms with van der Waals surface area (Å²) in [6, 6.07) is 5.08. The SMILES string of the molecule is CCC(C)NCC(=O)Cc1ccc(Br)cc1F. The Kier molecular flexibility index (Phi) is 5.78. The van der Waals surface area contributed by atoms with Crippen LogP contribution in [-0.4, -0.2) is 18.4 Å². The van der Waals surface area contributed by atoms with Crippen LogP contribution in [0.2, 0.25) is 0 Å². The molecule has 1 aromatic carbocycles. The van der Waals surface area contributed by atoms with Crippen molar-refractivity contribution in [1.82, 2.24) is 5.32 Å². The molecule has 17 heavy (non-hydrogen) atoms. The molecule has 0 spiro atoms. The zero-order valence-electron chi connectivity index (χ0n) is 10.1. The predicted molar refractivity (Wildman–Crippen MR) is 70.6 cm³/mol. The summed E-state index contributed by atoms with van der Waals surface area (Å²) < 4.78 is 14.2. The molecule has 0 heterocycles. The third kappa shape index (κ3) is 4.96.